The highest BCUT2D eigenvalue weighted by Crippen LogP contribution is 2.49. The minimum Gasteiger partial charge on any atom is -0.455 e. The first-order valence-corrected chi connectivity index (χ1v) is 6.80. The molecule has 1 fully saturated rings. The molecule has 2 atom stereocenters. The number of amides is 1. The van der Waals surface area contributed by atoms with Crippen molar-refractivity contribution >= 4 is 11.9 Å². The van der Waals surface area contributed by atoms with E-state index in [1.165, 1.54) is 12.1 Å². The Labute approximate surface area is 121 Å². The molecule has 0 saturated heterocycles. The molecule has 0 aliphatic heterocycles. The summed E-state index contributed by atoms with van der Waals surface area (Å²) in [6, 6.07) is 3.86. The third-order valence-corrected chi connectivity index (χ3v) is 3.27. The predicted octanol–water partition coefficient (Wildman–Crippen LogP) is 2.14. The molecule has 2 rings (SSSR count). The Morgan fingerprint density at radius 1 is 1.38 bits per heavy atom. The summed E-state index contributed by atoms with van der Waals surface area (Å²) in [6.07, 6.45) is 0.408. The lowest BCUT2D eigenvalue weighted by Gasteiger charge is -2.09. The number of hydrogen-bond acceptors (Lipinski definition) is 3. The summed E-state index contributed by atoms with van der Waals surface area (Å²) in [7, 11) is 0. The molecule has 1 aromatic rings. The van der Waals surface area contributed by atoms with Crippen molar-refractivity contribution in [2.75, 3.05) is 6.61 Å². The monoisotopic (exact) mass is 297 g/mol. The number of esters is 1. The van der Waals surface area contributed by atoms with Gasteiger partial charge in [0.25, 0.3) is 5.91 Å². The van der Waals surface area contributed by atoms with E-state index in [2.05, 4.69) is 5.32 Å². The number of carbonyl (C=O) groups excluding carboxylic acids is 2. The number of hydrogen-bond donors (Lipinski definition) is 1. The predicted molar refractivity (Wildman–Crippen MR) is 71.4 cm³/mol. The Morgan fingerprint density at radius 2 is 2.10 bits per heavy atom. The van der Waals surface area contributed by atoms with Crippen molar-refractivity contribution in [3.63, 3.8) is 0 Å². The Balaban J connectivity index is 1.87. The third-order valence-electron chi connectivity index (χ3n) is 3.27. The summed E-state index contributed by atoms with van der Waals surface area (Å²) >= 11 is 0. The van der Waals surface area contributed by atoms with Crippen molar-refractivity contribution in [3.05, 3.63) is 35.4 Å². The second-order valence-corrected chi connectivity index (χ2v) is 5.42. The maximum Gasteiger partial charge on any atom is 0.310 e. The van der Waals surface area contributed by atoms with E-state index >= 15 is 0 Å². The van der Waals surface area contributed by atoms with Gasteiger partial charge in [-0.1, -0.05) is 12.1 Å². The molecule has 6 heteroatoms. The van der Waals surface area contributed by atoms with Crippen LogP contribution in [0.3, 0.4) is 0 Å². The lowest BCUT2D eigenvalue weighted by Crippen LogP contribution is -2.34. The highest BCUT2D eigenvalue weighted by molar-refractivity contribution is 5.83. The molecule has 0 heterocycles. The van der Waals surface area contributed by atoms with Gasteiger partial charge in [-0.25, -0.2) is 8.78 Å². The molecule has 1 saturated carbocycles. The molecule has 21 heavy (non-hydrogen) atoms. The van der Waals surface area contributed by atoms with Gasteiger partial charge in [0.2, 0.25) is 0 Å². The van der Waals surface area contributed by atoms with E-state index in [1.807, 2.05) is 0 Å². The highest BCUT2D eigenvalue weighted by Gasteiger charge is 2.46. The fourth-order valence-electron chi connectivity index (χ4n) is 2.21. The fourth-order valence-corrected chi connectivity index (χ4v) is 2.21. The highest BCUT2D eigenvalue weighted by atomic mass is 19.2. The first kappa shape index (κ1) is 15.4. The van der Waals surface area contributed by atoms with Crippen LogP contribution in [0.2, 0.25) is 0 Å². The maximum atomic E-state index is 13.6. The molecule has 0 radical (unpaired) electrons. The second-order valence-electron chi connectivity index (χ2n) is 5.42. The Hall–Kier alpha value is -1.98. The summed E-state index contributed by atoms with van der Waals surface area (Å²) in [5.41, 5.74) is 0.184. The van der Waals surface area contributed by atoms with Crippen molar-refractivity contribution < 1.29 is 23.1 Å². The molecular weight excluding hydrogens is 280 g/mol. The van der Waals surface area contributed by atoms with E-state index in [9.17, 15) is 18.4 Å². The van der Waals surface area contributed by atoms with Gasteiger partial charge in [0.05, 0.1) is 5.92 Å². The van der Waals surface area contributed by atoms with Crippen LogP contribution in [0.5, 0.6) is 0 Å². The van der Waals surface area contributed by atoms with E-state index in [4.69, 9.17) is 4.74 Å². The first-order valence-electron chi connectivity index (χ1n) is 6.80. The zero-order valence-corrected chi connectivity index (χ0v) is 11.9. The topological polar surface area (TPSA) is 55.4 Å². The van der Waals surface area contributed by atoms with Gasteiger partial charge in [0, 0.05) is 12.0 Å². The van der Waals surface area contributed by atoms with Gasteiger partial charge in [-0.3, -0.25) is 9.59 Å². The van der Waals surface area contributed by atoms with Gasteiger partial charge in [0.1, 0.15) is 0 Å². The fraction of sp³-hybridized carbons (Fsp3) is 0.467. The average Bonchev–Trinajstić information content (AvgIpc) is 3.18. The van der Waals surface area contributed by atoms with E-state index in [0.717, 1.165) is 6.07 Å². The molecule has 1 aliphatic rings. The number of halogens is 2. The Kier molecular flexibility index (Phi) is 4.55. The van der Waals surface area contributed by atoms with Crippen LogP contribution in [0.4, 0.5) is 8.78 Å². The summed E-state index contributed by atoms with van der Waals surface area (Å²) in [5, 5.41) is 2.59. The molecule has 1 aliphatic carbocycles. The molecular formula is C15H17F2NO3. The Morgan fingerprint density at radius 3 is 2.76 bits per heavy atom. The summed E-state index contributed by atoms with van der Waals surface area (Å²) in [5.74, 6) is -3.66. The molecule has 0 bridgehead atoms. The summed E-state index contributed by atoms with van der Waals surface area (Å²) in [4.78, 5) is 23.1. The zero-order valence-electron chi connectivity index (χ0n) is 11.9. The molecule has 1 amide bonds. The van der Waals surface area contributed by atoms with Crippen LogP contribution in [0.15, 0.2) is 18.2 Å². The van der Waals surface area contributed by atoms with Crippen LogP contribution in [-0.4, -0.2) is 24.5 Å². The molecule has 0 spiro atoms. The number of nitrogens with one attached hydrogen (secondary N) is 1. The van der Waals surface area contributed by atoms with Crippen LogP contribution < -0.4 is 5.32 Å². The first-order chi connectivity index (χ1) is 9.90. The Bertz CT molecular complexity index is 560. The van der Waals surface area contributed by atoms with E-state index in [1.54, 1.807) is 13.8 Å². The molecule has 1 aromatic carbocycles. The van der Waals surface area contributed by atoms with Gasteiger partial charge in [-0.05, 0) is 31.9 Å². The number of benzene rings is 1. The molecule has 0 unspecified atom stereocenters. The minimum atomic E-state index is -0.928. The van der Waals surface area contributed by atoms with E-state index in [-0.39, 0.29) is 30.0 Å². The average molecular weight is 297 g/mol. The van der Waals surface area contributed by atoms with Crippen molar-refractivity contribution in [1.82, 2.24) is 5.32 Å². The van der Waals surface area contributed by atoms with Crippen molar-refractivity contribution in [3.8, 4) is 0 Å². The van der Waals surface area contributed by atoms with Gasteiger partial charge in [-0.2, -0.15) is 0 Å². The van der Waals surface area contributed by atoms with Crippen molar-refractivity contribution in [2.24, 2.45) is 5.92 Å². The largest absolute Gasteiger partial charge is 0.455 e. The molecule has 4 nitrogen and oxygen atoms in total. The number of rotatable bonds is 5. The van der Waals surface area contributed by atoms with E-state index in [0.29, 0.717) is 6.42 Å². The number of ether oxygens (including phenoxy) is 1. The van der Waals surface area contributed by atoms with E-state index < -0.39 is 23.5 Å². The number of carbonyl (C=O) groups is 2. The smallest absolute Gasteiger partial charge is 0.310 e. The van der Waals surface area contributed by atoms with Gasteiger partial charge in [0.15, 0.2) is 18.2 Å². The van der Waals surface area contributed by atoms with Crippen molar-refractivity contribution in [2.45, 2.75) is 32.2 Å². The lowest BCUT2D eigenvalue weighted by atomic mass is 10.1. The summed E-state index contributed by atoms with van der Waals surface area (Å²) in [6.45, 7) is 3.23. The zero-order chi connectivity index (χ0) is 15.6. The van der Waals surface area contributed by atoms with Crippen LogP contribution in [-0.2, 0) is 14.3 Å². The van der Waals surface area contributed by atoms with Gasteiger partial charge < -0.3 is 10.1 Å². The lowest BCUT2D eigenvalue weighted by molar-refractivity contribution is -0.150. The third kappa shape index (κ3) is 3.77. The second kappa shape index (κ2) is 6.20. The quantitative estimate of drug-likeness (QED) is 0.847. The van der Waals surface area contributed by atoms with Crippen LogP contribution in [0, 0.1) is 17.6 Å². The van der Waals surface area contributed by atoms with Crippen LogP contribution in [0.25, 0.3) is 0 Å². The normalized spacial score (nSPS) is 20.2. The van der Waals surface area contributed by atoms with Gasteiger partial charge >= 0.3 is 5.97 Å². The standard InChI is InChI=1S/C15H17F2NO3/c1-8(2)18-13(19)7-21-15(20)11-6-10(11)9-4-3-5-12(16)14(9)17/h3-5,8,10-11H,6-7H2,1-2H3,(H,18,19)/t10-,11+/m0/s1. The molecule has 114 valence electrons. The summed E-state index contributed by atoms with van der Waals surface area (Å²) < 4.78 is 31.6. The minimum absolute atomic E-state index is 0.0359. The van der Waals surface area contributed by atoms with Crippen molar-refractivity contribution in [1.29, 1.82) is 0 Å². The van der Waals surface area contributed by atoms with Crippen LogP contribution in [0.1, 0.15) is 31.7 Å². The molecule has 0 aromatic heterocycles. The van der Waals surface area contributed by atoms with Gasteiger partial charge in [-0.15, -0.1) is 0 Å². The maximum absolute atomic E-state index is 13.6. The molecule has 1 N–H and O–H groups in total. The SMILES string of the molecule is CC(C)NC(=O)COC(=O)[C@@H]1C[C@H]1c1cccc(F)c1F. The van der Waals surface area contributed by atoms with Crippen LogP contribution >= 0.6 is 0 Å².